The monoisotopic (exact) mass is 269 g/mol. The van der Waals surface area contributed by atoms with Crippen LogP contribution >= 0.6 is 0 Å². The summed E-state index contributed by atoms with van der Waals surface area (Å²) in [6.07, 6.45) is 0. The highest BCUT2D eigenvalue weighted by molar-refractivity contribution is 5.97. The van der Waals surface area contributed by atoms with E-state index in [4.69, 9.17) is 5.73 Å². The first-order chi connectivity index (χ1) is 10.3. The zero-order chi connectivity index (χ0) is 14.2. The van der Waals surface area contributed by atoms with Crippen LogP contribution in [0.25, 0.3) is 32.7 Å². The summed E-state index contributed by atoms with van der Waals surface area (Å²) in [5, 5.41) is 4.81. The number of anilines is 1. The van der Waals surface area contributed by atoms with E-state index < -0.39 is 0 Å². The molecule has 4 aromatic rings. The quantitative estimate of drug-likeness (QED) is 0.470. The first kappa shape index (κ1) is 12.0. The lowest BCUT2D eigenvalue weighted by Crippen LogP contribution is -1.89. The van der Waals surface area contributed by atoms with Crippen molar-refractivity contribution in [1.82, 2.24) is 0 Å². The van der Waals surface area contributed by atoms with E-state index in [1.54, 1.807) is 0 Å². The minimum atomic E-state index is 0.830. The van der Waals surface area contributed by atoms with Gasteiger partial charge < -0.3 is 5.73 Å². The Morgan fingerprint density at radius 3 is 2.05 bits per heavy atom. The first-order valence-corrected chi connectivity index (χ1v) is 7.09. The van der Waals surface area contributed by atoms with Gasteiger partial charge in [0, 0.05) is 11.1 Å². The highest BCUT2D eigenvalue weighted by atomic mass is 14.5. The predicted octanol–water partition coefficient (Wildman–Crippen LogP) is 5.24. The highest BCUT2D eigenvalue weighted by Crippen LogP contribution is 2.30. The van der Waals surface area contributed by atoms with Crippen LogP contribution in [0.15, 0.2) is 78.9 Å². The molecule has 100 valence electrons. The van der Waals surface area contributed by atoms with Gasteiger partial charge in [0.2, 0.25) is 0 Å². The molecule has 2 N–H and O–H groups in total. The summed E-state index contributed by atoms with van der Waals surface area (Å²) >= 11 is 0. The largest absolute Gasteiger partial charge is 0.398 e. The molecule has 4 rings (SSSR count). The van der Waals surface area contributed by atoms with E-state index >= 15 is 0 Å². The number of nitrogens with two attached hydrogens (primary N) is 1. The molecule has 0 aliphatic rings. The topological polar surface area (TPSA) is 26.0 Å². The second-order valence-electron chi connectivity index (χ2n) is 5.35. The van der Waals surface area contributed by atoms with E-state index in [2.05, 4.69) is 66.7 Å². The number of rotatable bonds is 1. The van der Waals surface area contributed by atoms with Crippen LogP contribution in [0.5, 0.6) is 0 Å². The summed E-state index contributed by atoms with van der Waals surface area (Å²) in [7, 11) is 0. The van der Waals surface area contributed by atoms with Gasteiger partial charge in [-0.3, -0.25) is 0 Å². The van der Waals surface area contributed by atoms with Gasteiger partial charge in [0.15, 0.2) is 0 Å². The fraction of sp³-hybridized carbons (Fsp3) is 0. The Morgan fingerprint density at radius 1 is 0.524 bits per heavy atom. The third-order valence-electron chi connectivity index (χ3n) is 3.98. The predicted molar refractivity (Wildman–Crippen MR) is 91.3 cm³/mol. The van der Waals surface area contributed by atoms with Crippen LogP contribution in [-0.2, 0) is 0 Å². The van der Waals surface area contributed by atoms with Crippen LogP contribution in [0, 0.1) is 0 Å². The maximum Gasteiger partial charge on any atom is 0.0399 e. The van der Waals surface area contributed by atoms with Crippen molar-refractivity contribution < 1.29 is 0 Å². The molecule has 0 saturated carbocycles. The SMILES string of the molecule is Nc1cc(-c2ccc3ccccc3c2)cc2ccccc12. The second kappa shape index (κ2) is 4.64. The van der Waals surface area contributed by atoms with E-state index in [0.29, 0.717) is 0 Å². The second-order valence-corrected chi connectivity index (χ2v) is 5.35. The van der Waals surface area contributed by atoms with Crippen LogP contribution in [0.1, 0.15) is 0 Å². The van der Waals surface area contributed by atoms with Crippen molar-refractivity contribution in [2.75, 3.05) is 5.73 Å². The Balaban J connectivity index is 1.95. The van der Waals surface area contributed by atoms with Gasteiger partial charge in [-0.1, -0.05) is 60.7 Å². The molecule has 21 heavy (non-hydrogen) atoms. The molecule has 0 spiro atoms. The molecule has 0 bridgehead atoms. The zero-order valence-corrected chi connectivity index (χ0v) is 11.6. The van der Waals surface area contributed by atoms with Crippen molar-refractivity contribution >= 4 is 27.2 Å². The molecule has 0 atom stereocenters. The third-order valence-corrected chi connectivity index (χ3v) is 3.98. The van der Waals surface area contributed by atoms with Gasteiger partial charge in [0.1, 0.15) is 0 Å². The lowest BCUT2D eigenvalue weighted by atomic mass is 9.98. The number of fused-ring (bicyclic) bond motifs is 2. The van der Waals surface area contributed by atoms with Crippen molar-refractivity contribution in [3.63, 3.8) is 0 Å². The van der Waals surface area contributed by atoms with Gasteiger partial charge in [-0.05, 0) is 45.5 Å². The Morgan fingerprint density at radius 2 is 1.19 bits per heavy atom. The average Bonchev–Trinajstić information content (AvgIpc) is 2.54. The summed E-state index contributed by atoms with van der Waals surface area (Å²) in [5.41, 5.74) is 9.40. The average molecular weight is 269 g/mol. The van der Waals surface area contributed by atoms with Gasteiger partial charge in [0.25, 0.3) is 0 Å². The Hall–Kier alpha value is -2.80. The Labute approximate surface area is 123 Å². The summed E-state index contributed by atoms with van der Waals surface area (Å²) in [6.45, 7) is 0. The molecule has 0 fully saturated rings. The first-order valence-electron chi connectivity index (χ1n) is 7.09. The van der Waals surface area contributed by atoms with Crippen molar-refractivity contribution in [3.8, 4) is 11.1 Å². The smallest absolute Gasteiger partial charge is 0.0399 e. The highest BCUT2D eigenvalue weighted by Gasteiger charge is 2.04. The van der Waals surface area contributed by atoms with Gasteiger partial charge in [0.05, 0.1) is 0 Å². The molecule has 0 amide bonds. The third kappa shape index (κ3) is 2.03. The van der Waals surface area contributed by atoms with Crippen LogP contribution < -0.4 is 5.73 Å². The van der Waals surface area contributed by atoms with Gasteiger partial charge in [-0.2, -0.15) is 0 Å². The van der Waals surface area contributed by atoms with Crippen LogP contribution in [0.3, 0.4) is 0 Å². The van der Waals surface area contributed by atoms with E-state index in [1.165, 1.54) is 21.7 Å². The maximum atomic E-state index is 6.21. The normalized spacial score (nSPS) is 11.0. The van der Waals surface area contributed by atoms with Gasteiger partial charge in [-0.25, -0.2) is 0 Å². The number of hydrogen-bond donors (Lipinski definition) is 1. The van der Waals surface area contributed by atoms with Crippen LogP contribution in [0.4, 0.5) is 5.69 Å². The van der Waals surface area contributed by atoms with Crippen LogP contribution in [-0.4, -0.2) is 0 Å². The lowest BCUT2D eigenvalue weighted by molar-refractivity contribution is 1.66. The number of nitrogen functional groups attached to an aromatic ring is 1. The van der Waals surface area contributed by atoms with E-state index in [1.807, 2.05) is 12.1 Å². The molecular weight excluding hydrogens is 254 g/mol. The van der Waals surface area contributed by atoms with Crippen molar-refractivity contribution in [3.05, 3.63) is 78.9 Å². The minimum absolute atomic E-state index is 0.830. The van der Waals surface area contributed by atoms with E-state index in [-0.39, 0.29) is 0 Å². The molecule has 1 nitrogen and oxygen atoms in total. The summed E-state index contributed by atoms with van der Waals surface area (Å²) in [6, 6.07) is 27.5. The van der Waals surface area contributed by atoms with Crippen molar-refractivity contribution in [1.29, 1.82) is 0 Å². The molecule has 0 saturated heterocycles. The maximum absolute atomic E-state index is 6.21. The van der Waals surface area contributed by atoms with Crippen molar-refractivity contribution in [2.24, 2.45) is 0 Å². The van der Waals surface area contributed by atoms with E-state index in [9.17, 15) is 0 Å². The molecule has 1 heteroatoms. The Bertz CT molecular complexity index is 954. The van der Waals surface area contributed by atoms with E-state index in [0.717, 1.165) is 16.6 Å². The molecular formula is C20H15N. The summed E-state index contributed by atoms with van der Waals surface area (Å²) in [5.74, 6) is 0. The number of hydrogen-bond acceptors (Lipinski definition) is 1. The summed E-state index contributed by atoms with van der Waals surface area (Å²) < 4.78 is 0. The fourth-order valence-electron chi connectivity index (χ4n) is 2.88. The molecule has 0 radical (unpaired) electrons. The fourth-order valence-corrected chi connectivity index (χ4v) is 2.88. The Kier molecular flexibility index (Phi) is 2.65. The molecule has 0 unspecified atom stereocenters. The van der Waals surface area contributed by atoms with Crippen LogP contribution in [0.2, 0.25) is 0 Å². The standard InChI is InChI=1S/C20H15N/c21-20-13-18(12-17-7-3-4-8-19(17)20)16-10-9-14-5-1-2-6-15(14)11-16/h1-13H,21H2. The van der Waals surface area contributed by atoms with Gasteiger partial charge in [-0.15, -0.1) is 0 Å². The van der Waals surface area contributed by atoms with Crippen molar-refractivity contribution in [2.45, 2.75) is 0 Å². The summed E-state index contributed by atoms with van der Waals surface area (Å²) in [4.78, 5) is 0. The molecule has 0 aromatic heterocycles. The lowest BCUT2D eigenvalue weighted by Gasteiger charge is -2.08. The number of benzene rings is 4. The molecule has 0 aliphatic heterocycles. The zero-order valence-electron chi connectivity index (χ0n) is 11.6. The minimum Gasteiger partial charge on any atom is -0.398 e. The molecule has 0 aliphatic carbocycles. The van der Waals surface area contributed by atoms with Gasteiger partial charge >= 0.3 is 0 Å². The molecule has 0 heterocycles. The molecule has 4 aromatic carbocycles.